The predicted octanol–water partition coefficient (Wildman–Crippen LogP) is 4.60. The third-order valence-electron chi connectivity index (χ3n) is 6.57. The van der Waals surface area contributed by atoms with Gasteiger partial charge < -0.3 is 15.3 Å². The van der Waals surface area contributed by atoms with Crippen LogP contribution in [0, 0.1) is 6.92 Å². The van der Waals surface area contributed by atoms with Gasteiger partial charge in [-0.3, -0.25) is 4.98 Å². The molecule has 0 spiro atoms. The summed E-state index contributed by atoms with van der Waals surface area (Å²) in [5.41, 5.74) is 9.22. The summed E-state index contributed by atoms with van der Waals surface area (Å²) in [5, 5.41) is 13.1. The number of aromatic nitrogens is 1. The Morgan fingerprint density at radius 2 is 2.06 bits per heavy atom. The summed E-state index contributed by atoms with van der Waals surface area (Å²) in [7, 11) is 0. The van der Waals surface area contributed by atoms with Gasteiger partial charge in [-0.15, -0.1) is 0 Å². The number of rotatable bonds is 5. The van der Waals surface area contributed by atoms with Crippen molar-refractivity contribution in [3.05, 3.63) is 88.2 Å². The van der Waals surface area contributed by atoms with Crippen molar-refractivity contribution in [3.63, 3.8) is 0 Å². The number of aromatic carboxylic acids is 1. The number of fused-ring (bicyclic) bond motifs is 2. The highest BCUT2D eigenvalue weighted by Crippen LogP contribution is 2.37. The van der Waals surface area contributed by atoms with Crippen molar-refractivity contribution in [3.8, 4) is 0 Å². The highest BCUT2D eigenvalue weighted by molar-refractivity contribution is 5.89. The van der Waals surface area contributed by atoms with Gasteiger partial charge in [0.15, 0.2) is 0 Å². The molecule has 2 aliphatic rings. The van der Waals surface area contributed by atoms with Crippen molar-refractivity contribution in [1.82, 2.24) is 10.3 Å². The number of nitrogens with one attached hydrogen (secondary N) is 1. The predicted molar refractivity (Wildman–Crippen MR) is 122 cm³/mol. The molecule has 0 bridgehead atoms. The lowest BCUT2D eigenvalue weighted by molar-refractivity contribution is 0.0695. The van der Waals surface area contributed by atoms with E-state index in [4.69, 9.17) is 0 Å². The molecular formula is C26H27N3O2. The second-order valence-electron chi connectivity index (χ2n) is 8.55. The summed E-state index contributed by atoms with van der Waals surface area (Å²) in [4.78, 5) is 18.1. The van der Waals surface area contributed by atoms with Gasteiger partial charge >= 0.3 is 5.97 Å². The van der Waals surface area contributed by atoms with E-state index in [9.17, 15) is 9.90 Å². The molecule has 0 saturated heterocycles. The van der Waals surface area contributed by atoms with E-state index < -0.39 is 5.97 Å². The average Bonchev–Trinajstić information content (AvgIpc) is 3.20. The standard InChI is InChI=1S/C26H27N3O2/c1-17-2-7-25-19(14-17)10-13-29(25)21-4-5-22-18(15-21)8-12-28-24(22)6-3-20-16-27-11-9-23(20)26(30)31/h2,4-5,7,9,11,14-16,24,28H,3,6,8,10,12-13H2,1H3,(H,30,31)/t24-/m1/s1. The molecule has 0 unspecified atom stereocenters. The Hall–Kier alpha value is -3.18. The average molecular weight is 414 g/mol. The van der Waals surface area contributed by atoms with Crippen LogP contribution in [0.5, 0.6) is 0 Å². The molecule has 3 aromatic rings. The maximum absolute atomic E-state index is 11.5. The molecule has 0 radical (unpaired) electrons. The van der Waals surface area contributed by atoms with Crippen molar-refractivity contribution in [2.45, 2.75) is 38.6 Å². The van der Waals surface area contributed by atoms with Gasteiger partial charge in [0.1, 0.15) is 0 Å². The Kier molecular flexibility index (Phi) is 5.20. The van der Waals surface area contributed by atoms with Crippen LogP contribution < -0.4 is 10.2 Å². The molecule has 1 atom stereocenters. The van der Waals surface area contributed by atoms with E-state index in [0.717, 1.165) is 37.9 Å². The zero-order chi connectivity index (χ0) is 21.4. The van der Waals surface area contributed by atoms with Crippen LogP contribution in [0.4, 0.5) is 11.4 Å². The zero-order valence-corrected chi connectivity index (χ0v) is 17.8. The highest BCUT2D eigenvalue weighted by Gasteiger charge is 2.24. The molecule has 2 aliphatic heterocycles. The van der Waals surface area contributed by atoms with Gasteiger partial charge in [0.25, 0.3) is 0 Å². The van der Waals surface area contributed by atoms with Crippen LogP contribution in [0.1, 0.15) is 50.6 Å². The van der Waals surface area contributed by atoms with Crippen LogP contribution in [-0.2, 0) is 19.3 Å². The molecule has 5 nitrogen and oxygen atoms in total. The monoisotopic (exact) mass is 413 g/mol. The van der Waals surface area contributed by atoms with Crippen LogP contribution in [0.2, 0.25) is 0 Å². The van der Waals surface area contributed by atoms with Crippen molar-refractivity contribution in [2.24, 2.45) is 0 Å². The fraction of sp³-hybridized carbons (Fsp3) is 0.308. The number of aryl methyl sites for hydroxylation is 2. The third-order valence-corrected chi connectivity index (χ3v) is 6.57. The van der Waals surface area contributed by atoms with Crippen LogP contribution in [0.3, 0.4) is 0 Å². The topological polar surface area (TPSA) is 65.5 Å². The fourth-order valence-electron chi connectivity index (χ4n) is 5.00. The second kappa shape index (κ2) is 8.16. The molecule has 0 fully saturated rings. The molecule has 3 heterocycles. The maximum atomic E-state index is 11.5. The number of carboxylic acids is 1. The lowest BCUT2D eigenvalue weighted by atomic mass is 9.89. The Labute approximate surface area is 182 Å². The van der Waals surface area contributed by atoms with Gasteiger partial charge in [-0.25, -0.2) is 4.79 Å². The third kappa shape index (κ3) is 3.81. The van der Waals surface area contributed by atoms with E-state index in [1.165, 1.54) is 33.6 Å². The molecule has 1 aromatic heterocycles. The highest BCUT2D eigenvalue weighted by atomic mass is 16.4. The largest absolute Gasteiger partial charge is 0.478 e. The Bertz CT molecular complexity index is 1140. The number of anilines is 2. The summed E-state index contributed by atoms with van der Waals surface area (Å²) in [6.45, 7) is 4.12. The minimum absolute atomic E-state index is 0.230. The minimum Gasteiger partial charge on any atom is -0.478 e. The minimum atomic E-state index is -0.889. The lowest BCUT2D eigenvalue weighted by Gasteiger charge is -2.29. The number of carbonyl (C=O) groups is 1. The Morgan fingerprint density at radius 1 is 1.16 bits per heavy atom. The molecule has 2 aromatic carbocycles. The van der Waals surface area contributed by atoms with E-state index in [2.05, 4.69) is 58.5 Å². The molecule has 0 aliphatic carbocycles. The molecular weight excluding hydrogens is 386 g/mol. The number of carboxylic acid groups (broad SMARTS) is 1. The molecule has 2 N–H and O–H groups in total. The van der Waals surface area contributed by atoms with Crippen molar-refractivity contribution in [2.75, 3.05) is 18.0 Å². The van der Waals surface area contributed by atoms with Gasteiger partial charge in [-0.05, 0) is 85.7 Å². The number of pyridine rings is 1. The molecule has 158 valence electrons. The molecule has 31 heavy (non-hydrogen) atoms. The van der Waals surface area contributed by atoms with E-state index in [0.29, 0.717) is 12.0 Å². The van der Waals surface area contributed by atoms with Crippen LogP contribution in [0.15, 0.2) is 54.9 Å². The first-order valence-corrected chi connectivity index (χ1v) is 11.0. The summed E-state index contributed by atoms with van der Waals surface area (Å²) >= 11 is 0. The van der Waals surface area contributed by atoms with Gasteiger partial charge in [0.2, 0.25) is 0 Å². The van der Waals surface area contributed by atoms with Crippen LogP contribution >= 0.6 is 0 Å². The first-order valence-electron chi connectivity index (χ1n) is 11.0. The number of hydrogen-bond donors (Lipinski definition) is 2. The second-order valence-corrected chi connectivity index (χ2v) is 8.55. The molecule has 0 amide bonds. The number of benzene rings is 2. The molecule has 5 rings (SSSR count). The maximum Gasteiger partial charge on any atom is 0.336 e. The van der Waals surface area contributed by atoms with Gasteiger partial charge in [0.05, 0.1) is 5.56 Å². The quantitative estimate of drug-likeness (QED) is 0.640. The smallest absolute Gasteiger partial charge is 0.336 e. The summed E-state index contributed by atoms with van der Waals surface area (Å²) in [6.07, 6.45) is 6.87. The van der Waals surface area contributed by atoms with E-state index in [1.807, 2.05) is 0 Å². The fourth-order valence-corrected chi connectivity index (χ4v) is 5.00. The first kappa shape index (κ1) is 19.8. The lowest BCUT2D eigenvalue weighted by Crippen LogP contribution is -2.30. The zero-order valence-electron chi connectivity index (χ0n) is 17.8. The van der Waals surface area contributed by atoms with Gasteiger partial charge in [-0.1, -0.05) is 23.8 Å². The number of nitrogens with zero attached hydrogens (tertiary/aromatic N) is 2. The van der Waals surface area contributed by atoms with Gasteiger partial charge in [0, 0.05) is 36.4 Å². The summed E-state index contributed by atoms with van der Waals surface area (Å²) in [6, 6.07) is 15.4. The normalized spacial score (nSPS) is 17.3. The van der Waals surface area contributed by atoms with Crippen molar-refractivity contribution >= 4 is 17.3 Å². The molecule has 0 saturated carbocycles. The number of hydrogen-bond acceptors (Lipinski definition) is 4. The van der Waals surface area contributed by atoms with E-state index >= 15 is 0 Å². The van der Waals surface area contributed by atoms with E-state index in [1.54, 1.807) is 18.5 Å². The molecule has 5 heteroatoms. The van der Waals surface area contributed by atoms with E-state index in [-0.39, 0.29) is 6.04 Å². The summed E-state index contributed by atoms with van der Waals surface area (Å²) in [5.74, 6) is -0.889. The van der Waals surface area contributed by atoms with Gasteiger partial charge in [-0.2, -0.15) is 0 Å². The summed E-state index contributed by atoms with van der Waals surface area (Å²) < 4.78 is 0. The SMILES string of the molecule is Cc1ccc2c(c1)CCN2c1ccc2c(c1)CCN[C@@H]2CCc1cnccc1C(=O)O. The van der Waals surface area contributed by atoms with Crippen molar-refractivity contribution in [1.29, 1.82) is 0 Å². The Balaban J connectivity index is 1.36. The Morgan fingerprint density at radius 3 is 2.94 bits per heavy atom. The first-order chi connectivity index (χ1) is 15.1. The van der Waals surface area contributed by atoms with Crippen LogP contribution in [0.25, 0.3) is 0 Å². The van der Waals surface area contributed by atoms with Crippen LogP contribution in [-0.4, -0.2) is 29.1 Å². The van der Waals surface area contributed by atoms with Crippen molar-refractivity contribution < 1.29 is 9.90 Å².